The smallest absolute Gasteiger partial charge is 0.303 e. The molecular formula is C14H14ClN3O5S. The second kappa shape index (κ2) is 7.02. The van der Waals surface area contributed by atoms with Crippen LogP contribution in [0.3, 0.4) is 0 Å². The minimum absolute atomic E-state index is 0.0452. The molecule has 24 heavy (non-hydrogen) atoms. The summed E-state index contributed by atoms with van der Waals surface area (Å²) >= 11 is 5.88. The molecule has 1 aromatic carbocycles. The summed E-state index contributed by atoms with van der Waals surface area (Å²) in [5, 5.41) is 8.24. The largest absolute Gasteiger partial charge is 0.481 e. The van der Waals surface area contributed by atoms with E-state index in [1.54, 1.807) is 7.05 Å². The number of aryl methyl sites for hydroxylation is 1. The Bertz CT molecular complexity index is 892. The Hall–Kier alpha value is -2.39. The highest BCUT2D eigenvalue weighted by Crippen LogP contribution is 2.22. The van der Waals surface area contributed by atoms with Gasteiger partial charge in [0, 0.05) is 24.7 Å². The van der Waals surface area contributed by atoms with Gasteiger partial charge in [-0.05, 0) is 12.1 Å². The predicted octanol–water partition coefficient (Wildman–Crippen LogP) is 1.92. The first-order valence-electron chi connectivity index (χ1n) is 6.75. The Morgan fingerprint density at radius 2 is 2.04 bits per heavy atom. The van der Waals surface area contributed by atoms with Gasteiger partial charge in [0.15, 0.2) is 5.78 Å². The van der Waals surface area contributed by atoms with Crippen molar-refractivity contribution in [1.82, 2.24) is 9.55 Å². The Labute approximate surface area is 143 Å². The fraction of sp³-hybridized carbons (Fsp3) is 0.214. The molecule has 8 nitrogen and oxygen atoms in total. The maximum atomic E-state index is 12.3. The van der Waals surface area contributed by atoms with E-state index in [9.17, 15) is 18.0 Å². The number of rotatable bonds is 7. The molecule has 0 saturated carbocycles. The van der Waals surface area contributed by atoms with Crippen molar-refractivity contribution < 1.29 is 23.1 Å². The van der Waals surface area contributed by atoms with Crippen LogP contribution in [0.5, 0.6) is 0 Å². The second-order valence-electron chi connectivity index (χ2n) is 4.95. The van der Waals surface area contributed by atoms with Gasteiger partial charge in [-0.1, -0.05) is 23.7 Å². The van der Waals surface area contributed by atoms with Crippen LogP contribution >= 0.6 is 11.6 Å². The third-order valence-corrected chi connectivity index (χ3v) is 4.96. The topological polar surface area (TPSA) is 118 Å². The fourth-order valence-corrected chi connectivity index (χ4v) is 3.38. The number of halogens is 1. The van der Waals surface area contributed by atoms with E-state index in [0.29, 0.717) is 0 Å². The van der Waals surface area contributed by atoms with Crippen molar-refractivity contribution in [2.75, 3.05) is 4.72 Å². The number of carboxylic acids is 1. The summed E-state index contributed by atoms with van der Waals surface area (Å²) in [6, 6.07) is 5.77. The molecule has 128 valence electrons. The molecular weight excluding hydrogens is 358 g/mol. The van der Waals surface area contributed by atoms with Crippen molar-refractivity contribution >= 4 is 39.1 Å². The van der Waals surface area contributed by atoms with E-state index >= 15 is 0 Å². The third-order valence-electron chi connectivity index (χ3n) is 3.09. The van der Waals surface area contributed by atoms with E-state index in [1.165, 1.54) is 35.2 Å². The van der Waals surface area contributed by atoms with Gasteiger partial charge in [0.05, 0.1) is 12.7 Å². The molecule has 0 bridgehead atoms. The van der Waals surface area contributed by atoms with Crippen LogP contribution in [-0.4, -0.2) is 34.8 Å². The van der Waals surface area contributed by atoms with Gasteiger partial charge < -0.3 is 9.67 Å². The van der Waals surface area contributed by atoms with Crippen molar-refractivity contribution in [2.24, 2.45) is 7.05 Å². The summed E-state index contributed by atoms with van der Waals surface area (Å²) in [5.74, 6) is -1.47. The van der Waals surface area contributed by atoms with Crippen LogP contribution in [0, 0.1) is 0 Å². The number of benzene rings is 1. The molecule has 0 spiro atoms. The number of Topliss-reactive ketones (excluding diaryl/α,β-unsaturated/α-hetero) is 1. The number of hydrogen-bond acceptors (Lipinski definition) is 5. The van der Waals surface area contributed by atoms with Crippen molar-refractivity contribution in [3.8, 4) is 0 Å². The molecule has 0 amide bonds. The molecule has 0 saturated heterocycles. The monoisotopic (exact) mass is 371 g/mol. The number of aromatic nitrogens is 2. The molecule has 2 N–H and O–H groups in total. The number of sulfonamides is 1. The molecule has 1 aromatic heterocycles. The number of hydrogen-bond donors (Lipinski definition) is 2. The normalized spacial score (nSPS) is 11.2. The summed E-state index contributed by atoms with van der Waals surface area (Å²) in [6.07, 6.45) is 0.804. The molecule has 0 radical (unpaired) electrons. The Morgan fingerprint density at radius 3 is 2.62 bits per heavy atom. The van der Waals surface area contributed by atoms with Crippen molar-refractivity contribution in [1.29, 1.82) is 0 Å². The minimum Gasteiger partial charge on any atom is -0.481 e. The number of imidazole rings is 1. The van der Waals surface area contributed by atoms with Crippen molar-refractivity contribution in [3.05, 3.63) is 41.3 Å². The fourth-order valence-electron chi connectivity index (χ4n) is 1.90. The summed E-state index contributed by atoms with van der Waals surface area (Å²) in [6.45, 7) is 0. The molecule has 0 fully saturated rings. The molecule has 0 aliphatic carbocycles. The molecule has 0 unspecified atom stereocenters. The first kappa shape index (κ1) is 18.0. The first-order chi connectivity index (χ1) is 11.2. The molecule has 2 aromatic rings. The maximum absolute atomic E-state index is 12.3. The van der Waals surface area contributed by atoms with Crippen LogP contribution in [0.1, 0.15) is 23.2 Å². The SMILES string of the molecule is Cn1cnc(S(=O)(=O)Nc2cccc(C(=O)CCC(=O)O)c2)c1Cl. The lowest BCUT2D eigenvalue weighted by Crippen LogP contribution is -2.14. The minimum atomic E-state index is -4.01. The van der Waals surface area contributed by atoms with E-state index in [1.807, 2.05) is 0 Å². The zero-order valence-electron chi connectivity index (χ0n) is 12.6. The lowest BCUT2D eigenvalue weighted by Gasteiger charge is -2.08. The summed E-state index contributed by atoms with van der Waals surface area (Å²) in [5.41, 5.74) is 0.362. The molecule has 1 heterocycles. The molecule has 2 rings (SSSR count). The van der Waals surface area contributed by atoms with Gasteiger partial charge in [0.1, 0.15) is 5.15 Å². The lowest BCUT2D eigenvalue weighted by atomic mass is 10.1. The van der Waals surface area contributed by atoms with Gasteiger partial charge in [-0.2, -0.15) is 8.42 Å². The number of aliphatic carboxylic acids is 1. The standard InChI is InChI=1S/C14H14ClN3O5S/c1-18-8-16-14(13(18)15)24(22,23)17-10-4-2-3-9(7-10)11(19)5-6-12(20)21/h2-4,7-8,17H,5-6H2,1H3,(H,20,21). The number of nitrogens with one attached hydrogen (secondary N) is 1. The van der Waals surface area contributed by atoms with E-state index in [4.69, 9.17) is 16.7 Å². The molecule has 0 aliphatic rings. The zero-order chi connectivity index (χ0) is 17.9. The van der Waals surface area contributed by atoms with Gasteiger partial charge >= 0.3 is 5.97 Å². The average Bonchev–Trinajstić information content (AvgIpc) is 2.85. The van der Waals surface area contributed by atoms with E-state index in [-0.39, 0.29) is 34.3 Å². The van der Waals surface area contributed by atoms with Gasteiger partial charge in [-0.3, -0.25) is 14.3 Å². The second-order valence-corrected chi connectivity index (χ2v) is 6.91. The Kier molecular flexibility index (Phi) is 5.25. The van der Waals surface area contributed by atoms with Gasteiger partial charge in [-0.15, -0.1) is 0 Å². The number of carbonyl (C=O) groups is 2. The van der Waals surface area contributed by atoms with Crippen LogP contribution in [0.15, 0.2) is 35.6 Å². The van der Waals surface area contributed by atoms with Crippen molar-refractivity contribution in [2.45, 2.75) is 17.9 Å². The van der Waals surface area contributed by atoms with Gasteiger partial charge in [0.2, 0.25) is 5.03 Å². The quantitative estimate of drug-likeness (QED) is 0.718. The number of nitrogens with zero attached hydrogens (tertiary/aromatic N) is 2. The van der Waals surface area contributed by atoms with E-state index < -0.39 is 21.8 Å². The molecule has 0 aliphatic heterocycles. The maximum Gasteiger partial charge on any atom is 0.303 e. The Balaban J connectivity index is 2.21. The predicted molar refractivity (Wildman–Crippen MR) is 86.7 cm³/mol. The lowest BCUT2D eigenvalue weighted by molar-refractivity contribution is -0.136. The van der Waals surface area contributed by atoms with Crippen molar-refractivity contribution in [3.63, 3.8) is 0 Å². The van der Waals surface area contributed by atoms with Crippen LogP contribution in [0.4, 0.5) is 5.69 Å². The number of carbonyl (C=O) groups excluding carboxylic acids is 1. The Morgan fingerprint density at radius 1 is 1.33 bits per heavy atom. The molecule has 0 atom stereocenters. The number of ketones is 1. The summed E-state index contributed by atoms with van der Waals surface area (Å²) in [4.78, 5) is 26.2. The third kappa shape index (κ3) is 4.12. The van der Waals surface area contributed by atoms with E-state index in [0.717, 1.165) is 0 Å². The van der Waals surface area contributed by atoms with Crippen LogP contribution in [0.2, 0.25) is 5.15 Å². The molecule has 10 heteroatoms. The number of carboxylic acid groups (broad SMARTS) is 1. The highest BCUT2D eigenvalue weighted by Gasteiger charge is 2.22. The summed E-state index contributed by atoms with van der Waals surface area (Å²) in [7, 11) is -2.46. The van der Waals surface area contributed by atoms with Crippen LogP contribution in [-0.2, 0) is 21.9 Å². The van der Waals surface area contributed by atoms with Gasteiger partial charge in [-0.25, -0.2) is 4.98 Å². The average molecular weight is 372 g/mol. The highest BCUT2D eigenvalue weighted by molar-refractivity contribution is 7.92. The van der Waals surface area contributed by atoms with E-state index in [2.05, 4.69) is 9.71 Å². The first-order valence-corrected chi connectivity index (χ1v) is 8.61. The zero-order valence-corrected chi connectivity index (χ0v) is 14.1. The van der Waals surface area contributed by atoms with Crippen LogP contribution in [0.25, 0.3) is 0 Å². The summed E-state index contributed by atoms with van der Waals surface area (Å²) < 4.78 is 28.2. The highest BCUT2D eigenvalue weighted by atomic mass is 35.5. The number of anilines is 1. The van der Waals surface area contributed by atoms with Gasteiger partial charge in [0.25, 0.3) is 10.0 Å². The van der Waals surface area contributed by atoms with Crippen LogP contribution < -0.4 is 4.72 Å².